The van der Waals surface area contributed by atoms with Gasteiger partial charge in [0.25, 0.3) is 0 Å². The first-order valence-corrected chi connectivity index (χ1v) is 11.5. The summed E-state index contributed by atoms with van der Waals surface area (Å²) in [6, 6.07) is 2.83. The van der Waals surface area contributed by atoms with E-state index in [1.165, 1.54) is 30.8 Å². The van der Waals surface area contributed by atoms with E-state index in [-0.39, 0.29) is 39.4 Å². The van der Waals surface area contributed by atoms with Crippen LogP contribution in [0.1, 0.15) is 33.3 Å². The molecule has 0 saturated carbocycles. The van der Waals surface area contributed by atoms with Crippen molar-refractivity contribution in [1.82, 2.24) is 24.7 Å². The number of aromatic nitrogens is 5. The van der Waals surface area contributed by atoms with Crippen LogP contribution in [0.25, 0.3) is 23.0 Å². The van der Waals surface area contributed by atoms with Crippen LogP contribution in [0.15, 0.2) is 35.5 Å². The fraction of sp³-hybridized carbons (Fsp3) is 0.400. The highest BCUT2D eigenvalue weighted by molar-refractivity contribution is 7.91. The normalized spacial score (nSPS) is 12.2. The van der Waals surface area contributed by atoms with Crippen LogP contribution < -0.4 is 5.48 Å². The van der Waals surface area contributed by atoms with Crippen LogP contribution in [0.2, 0.25) is 0 Å². The quantitative estimate of drug-likeness (QED) is 0.448. The second kappa shape index (κ2) is 10.0. The summed E-state index contributed by atoms with van der Waals surface area (Å²) in [4.78, 5) is 7.72. The van der Waals surface area contributed by atoms with E-state index in [1.807, 2.05) is 5.48 Å². The predicted octanol–water partition coefficient (Wildman–Crippen LogP) is 3.33. The number of aliphatic hydroxyl groups is 1. The number of alkyl halides is 3. The Morgan fingerprint density at radius 3 is 2.21 bits per heavy atom. The smallest absolute Gasteiger partial charge is 0.391 e. The summed E-state index contributed by atoms with van der Waals surface area (Å²) in [5.41, 5.74) is 0.317. The van der Waals surface area contributed by atoms with Crippen molar-refractivity contribution in [3.63, 3.8) is 0 Å². The monoisotopic (exact) mass is 502 g/mol. The van der Waals surface area contributed by atoms with E-state index in [0.717, 1.165) is 18.3 Å². The largest absolute Gasteiger partial charge is 0.416 e. The standard InChI is InChI=1S/C16H15F3N6O3S.C4H10O/c1-3-29(27,28)12-7-10(24-26)8-21-13(12)15-23-22-14(25(15)2)11-6-9(4-5-20-11)16(17,18)19;1-4(2,3)5/h4-8,24,26H,3H2,1-2H3;5H,1-3H3. The molecule has 10 nitrogen and oxygen atoms in total. The number of pyridine rings is 2. The van der Waals surface area contributed by atoms with Gasteiger partial charge >= 0.3 is 6.18 Å². The maximum Gasteiger partial charge on any atom is 0.416 e. The molecule has 34 heavy (non-hydrogen) atoms. The number of rotatable bonds is 5. The maximum absolute atomic E-state index is 13.0. The molecule has 0 atom stereocenters. The molecule has 0 aliphatic carbocycles. The molecule has 3 aromatic rings. The lowest BCUT2D eigenvalue weighted by Gasteiger charge is -2.11. The lowest BCUT2D eigenvalue weighted by Crippen LogP contribution is -2.10. The highest BCUT2D eigenvalue weighted by atomic mass is 32.2. The van der Waals surface area contributed by atoms with E-state index in [9.17, 15) is 21.6 Å². The van der Waals surface area contributed by atoms with Crippen LogP contribution in [0.3, 0.4) is 0 Å². The number of anilines is 1. The Morgan fingerprint density at radius 2 is 1.68 bits per heavy atom. The topological polar surface area (TPSA) is 143 Å². The Kier molecular flexibility index (Phi) is 8.01. The van der Waals surface area contributed by atoms with Crippen molar-refractivity contribution in [2.45, 2.75) is 44.4 Å². The molecule has 0 amide bonds. The fourth-order valence-electron chi connectivity index (χ4n) is 2.55. The minimum absolute atomic E-state index is 0.00268. The Balaban J connectivity index is 0.000000739. The van der Waals surface area contributed by atoms with E-state index in [1.54, 1.807) is 20.8 Å². The SMILES string of the molecule is CC(C)(C)O.CCS(=O)(=O)c1cc(NO)cnc1-c1nnc(-c2cc(C(F)(F)F)ccn2)n1C. The van der Waals surface area contributed by atoms with Gasteiger partial charge in [-0.15, -0.1) is 10.2 Å². The molecule has 0 saturated heterocycles. The Labute approximate surface area is 194 Å². The number of hydrogen-bond donors (Lipinski definition) is 3. The van der Waals surface area contributed by atoms with Gasteiger partial charge in [-0.05, 0) is 39.0 Å². The van der Waals surface area contributed by atoms with E-state index in [2.05, 4.69) is 20.2 Å². The summed E-state index contributed by atoms with van der Waals surface area (Å²) in [6.45, 7) is 6.67. The number of hydrogen-bond acceptors (Lipinski definition) is 9. The van der Waals surface area contributed by atoms with Crippen LogP contribution in [-0.2, 0) is 23.1 Å². The van der Waals surface area contributed by atoms with Gasteiger partial charge in [0.2, 0.25) is 0 Å². The maximum atomic E-state index is 13.0. The molecule has 0 aliphatic heterocycles. The van der Waals surface area contributed by atoms with Crippen LogP contribution in [0.5, 0.6) is 0 Å². The average Bonchev–Trinajstić information content (AvgIpc) is 3.12. The van der Waals surface area contributed by atoms with Crippen molar-refractivity contribution in [2.24, 2.45) is 7.05 Å². The fourth-order valence-corrected chi connectivity index (χ4v) is 3.61. The van der Waals surface area contributed by atoms with Crippen molar-refractivity contribution >= 4 is 15.5 Å². The molecule has 0 bridgehead atoms. The highest BCUT2D eigenvalue weighted by Crippen LogP contribution is 2.32. The van der Waals surface area contributed by atoms with Gasteiger partial charge in [0.15, 0.2) is 21.5 Å². The molecule has 0 aromatic carbocycles. The van der Waals surface area contributed by atoms with Gasteiger partial charge in [0, 0.05) is 13.2 Å². The second-order valence-electron chi connectivity index (χ2n) is 8.09. The zero-order valence-electron chi connectivity index (χ0n) is 19.1. The lowest BCUT2D eigenvalue weighted by atomic mass is 10.2. The van der Waals surface area contributed by atoms with Crippen molar-refractivity contribution < 1.29 is 31.9 Å². The predicted molar refractivity (Wildman–Crippen MR) is 118 cm³/mol. The first-order chi connectivity index (χ1) is 15.6. The van der Waals surface area contributed by atoms with Gasteiger partial charge in [0.05, 0.1) is 33.7 Å². The lowest BCUT2D eigenvalue weighted by molar-refractivity contribution is -0.137. The van der Waals surface area contributed by atoms with Gasteiger partial charge in [-0.1, -0.05) is 6.92 Å². The molecule has 0 fully saturated rings. The second-order valence-corrected chi connectivity index (χ2v) is 10.3. The third-order valence-corrected chi connectivity index (χ3v) is 5.84. The van der Waals surface area contributed by atoms with Gasteiger partial charge in [-0.25, -0.2) is 13.4 Å². The van der Waals surface area contributed by atoms with Gasteiger partial charge in [-0.2, -0.15) is 13.2 Å². The molecule has 14 heteroatoms. The summed E-state index contributed by atoms with van der Waals surface area (Å²) in [5.74, 6) is -0.232. The Hall–Kier alpha value is -3.10. The molecule has 3 heterocycles. The van der Waals surface area contributed by atoms with Crippen LogP contribution in [-0.4, -0.2) is 54.8 Å². The summed E-state index contributed by atoms with van der Waals surface area (Å²) in [7, 11) is -2.31. The molecule has 3 aromatic heterocycles. The van der Waals surface area contributed by atoms with Crippen LogP contribution in [0, 0.1) is 0 Å². The Bertz CT molecular complexity index is 1250. The summed E-state index contributed by atoms with van der Waals surface area (Å²) in [5, 5.41) is 25.3. The first kappa shape index (κ1) is 27.1. The van der Waals surface area contributed by atoms with Gasteiger partial charge in [0.1, 0.15) is 11.4 Å². The van der Waals surface area contributed by atoms with Crippen molar-refractivity contribution in [2.75, 3.05) is 11.2 Å². The average molecular weight is 503 g/mol. The van der Waals surface area contributed by atoms with E-state index < -0.39 is 27.2 Å². The van der Waals surface area contributed by atoms with Gasteiger partial charge in [-0.3, -0.25) is 15.7 Å². The molecular formula is C20H25F3N6O4S. The number of halogens is 3. The minimum atomic E-state index is -4.56. The third-order valence-electron chi connectivity index (χ3n) is 4.10. The summed E-state index contributed by atoms with van der Waals surface area (Å²) in [6.07, 6.45) is -2.38. The molecule has 0 aliphatic rings. The van der Waals surface area contributed by atoms with E-state index >= 15 is 0 Å². The number of sulfone groups is 1. The zero-order chi connectivity index (χ0) is 25.9. The molecule has 3 N–H and O–H groups in total. The zero-order valence-corrected chi connectivity index (χ0v) is 19.9. The van der Waals surface area contributed by atoms with Crippen LogP contribution >= 0.6 is 0 Å². The molecule has 3 rings (SSSR count). The summed E-state index contributed by atoms with van der Waals surface area (Å²) >= 11 is 0. The molecular weight excluding hydrogens is 477 g/mol. The first-order valence-electron chi connectivity index (χ1n) is 9.87. The number of nitrogens with one attached hydrogen (secondary N) is 1. The van der Waals surface area contributed by atoms with E-state index in [0.29, 0.717) is 0 Å². The van der Waals surface area contributed by atoms with Gasteiger partial charge < -0.3 is 9.67 Å². The minimum Gasteiger partial charge on any atom is -0.391 e. The van der Waals surface area contributed by atoms with Crippen LogP contribution in [0.4, 0.5) is 18.9 Å². The molecule has 0 unspecified atom stereocenters. The Morgan fingerprint density at radius 1 is 1.09 bits per heavy atom. The molecule has 0 radical (unpaired) electrons. The molecule has 186 valence electrons. The van der Waals surface area contributed by atoms with Crippen molar-refractivity contribution in [1.29, 1.82) is 0 Å². The summed E-state index contributed by atoms with van der Waals surface area (Å²) < 4.78 is 65.1. The highest BCUT2D eigenvalue weighted by Gasteiger charge is 2.31. The van der Waals surface area contributed by atoms with Crippen molar-refractivity contribution in [3.05, 3.63) is 36.2 Å². The molecule has 0 spiro atoms. The van der Waals surface area contributed by atoms with E-state index in [4.69, 9.17) is 10.3 Å². The third kappa shape index (κ3) is 6.71. The van der Waals surface area contributed by atoms with Crippen molar-refractivity contribution in [3.8, 4) is 23.0 Å². The number of nitrogens with zero attached hydrogens (tertiary/aromatic N) is 5.